The number of carbonyl (C=O) groups excluding carboxylic acids is 2. The molecule has 0 amide bonds. The predicted octanol–water partition coefficient (Wildman–Crippen LogP) is 0.769. The van der Waals surface area contributed by atoms with E-state index in [1.807, 2.05) is 0 Å². The SMILES string of the molecule is NC1=C(CN2CCCC2)C(=O)c2cccnc2C1=O. The highest BCUT2D eigenvalue weighted by atomic mass is 16.1. The molecule has 0 spiro atoms. The molecule has 1 aliphatic heterocycles. The van der Waals surface area contributed by atoms with Crippen LogP contribution in [0.5, 0.6) is 0 Å². The number of nitrogens with zero attached hydrogens (tertiary/aromatic N) is 2. The molecular weight excluding hydrogens is 242 g/mol. The lowest BCUT2D eigenvalue weighted by Gasteiger charge is -2.21. The first-order valence-corrected chi connectivity index (χ1v) is 6.44. The molecule has 1 saturated heterocycles. The number of hydrogen-bond acceptors (Lipinski definition) is 5. The Kier molecular flexibility index (Phi) is 2.91. The minimum Gasteiger partial charge on any atom is -0.395 e. The summed E-state index contributed by atoms with van der Waals surface area (Å²) in [7, 11) is 0. The zero-order valence-electron chi connectivity index (χ0n) is 10.6. The zero-order valence-corrected chi connectivity index (χ0v) is 10.6. The molecule has 1 aliphatic carbocycles. The van der Waals surface area contributed by atoms with Crippen molar-refractivity contribution in [3.8, 4) is 0 Å². The van der Waals surface area contributed by atoms with Crippen LogP contribution in [0.15, 0.2) is 29.6 Å². The molecule has 1 aromatic rings. The Hall–Kier alpha value is -2.01. The summed E-state index contributed by atoms with van der Waals surface area (Å²) >= 11 is 0. The number of rotatable bonds is 2. The minimum absolute atomic E-state index is 0.0584. The summed E-state index contributed by atoms with van der Waals surface area (Å²) in [6.45, 7) is 2.38. The van der Waals surface area contributed by atoms with E-state index in [0.717, 1.165) is 25.9 Å². The maximum atomic E-state index is 12.4. The fourth-order valence-electron chi connectivity index (χ4n) is 2.64. The number of fused-ring (bicyclic) bond motifs is 1. The zero-order chi connectivity index (χ0) is 13.4. The third-order valence-electron chi connectivity index (χ3n) is 3.69. The Bertz CT molecular complexity index is 586. The molecule has 0 radical (unpaired) electrons. The molecule has 19 heavy (non-hydrogen) atoms. The number of likely N-dealkylation sites (tertiary alicyclic amines) is 1. The van der Waals surface area contributed by atoms with E-state index in [9.17, 15) is 9.59 Å². The second-order valence-corrected chi connectivity index (χ2v) is 4.93. The van der Waals surface area contributed by atoms with Crippen molar-refractivity contribution < 1.29 is 9.59 Å². The highest BCUT2D eigenvalue weighted by Gasteiger charge is 2.32. The number of aromatic nitrogens is 1. The van der Waals surface area contributed by atoms with Crippen molar-refractivity contribution in [2.75, 3.05) is 19.6 Å². The average molecular weight is 257 g/mol. The minimum atomic E-state index is -0.329. The first-order valence-electron chi connectivity index (χ1n) is 6.44. The summed E-state index contributed by atoms with van der Waals surface area (Å²) in [4.78, 5) is 30.7. The molecule has 0 unspecified atom stereocenters. The third kappa shape index (κ3) is 1.96. The Labute approximate surface area is 111 Å². The Balaban J connectivity index is 1.98. The molecular formula is C14H15N3O2. The van der Waals surface area contributed by atoms with Crippen LogP contribution in [0.4, 0.5) is 0 Å². The van der Waals surface area contributed by atoms with Gasteiger partial charge in [-0.05, 0) is 38.1 Å². The van der Waals surface area contributed by atoms with E-state index in [1.165, 1.54) is 6.20 Å². The van der Waals surface area contributed by atoms with E-state index in [1.54, 1.807) is 12.1 Å². The summed E-state index contributed by atoms with van der Waals surface area (Å²) in [6.07, 6.45) is 3.77. The van der Waals surface area contributed by atoms with Crippen molar-refractivity contribution >= 4 is 11.6 Å². The first kappa shape index (κ1) is 12.0. The third-order valence-corrected chi connectivity index (χ3v) is 3.69. The van der Waals surface area contributed by atoms with Crippen LogP contribution in [-0.4, -0.2) is 41.1 Å². The maximum absolute atomic E-state index is 12.4. The number of pyridine rings is 1. The van der Waals surface area contributed by atoms with Gasteiger partial charge in [0.2, 0.25) is 5.78 Å². The molecule has 2 heterocycles. The summed E-state index contributed by atoms with van der Waals surface area (Å²) in [5, 5.41) is 0. The molecule has 3 rings (SSSR count). The van der Waals surface area contributed by atoms with Gasteiger partial charge in [0, 0.05) is 18.3 Å². The van der Waals surface area contributed by atoms with Crippen LogP contribution in [0.3, 0.4) is 0 Å². The van der Waals surface area contributed by atoms with Crippen molar-refractivity contribution in [1.82, 2.24) is 9.88 Å². The standard InChI is InChI=1S/C14H15N3O2/c15-11-10(8-17-6-1-2-7-17)13(18)9-4-3-5-16-12(9)14(11)19/h3-5H,1-2,6-8,15H2. The van der Waals surface area contributed by atoms with Crippen molar-refractivity contribution in [2.45, 2.75) is 12.8 Å². The van der Waals surface area contributed by atoms with E-state index < -0.39 is 0 Å². The molecule has 0 bridgehead atoms. The van der Waals surface area contributed by atoms with Gasteiger partial charge in [0.15, 0.2) is 5.78 Å². The van der Waals surface area contributed by atoms with Crippen LogP contribution in [-0.2, 0) is 0 Å². The van der Waals surface area contributed by atoms with Gasteiger partial charge in [-0.25, -0.2) is 0 Å². The average Bonchev–Trinajstić information content (AvgIpc) is 2.94. The highest BCUT2D eigenvalue weighted by molar-refractivity contribution is 6.25. The largest absolute Gasteiger partial charge is 0.395 e. The van der Waals surface area contributed by atoms with E-state index in [0.29, 0.717) is 17.7 Å². The molecule has 2 N–H and O–H groups in total. The first-order chi connectivity index (χ1) is 9.18. The van der Waals surface area contributed by atoms with Gasteiger partial charge in [0.1, 0.15) is 5.69 Å². The van der Waals surface area contributed by atoms with Gasteiger partial charge in [-0.2, -0.15) is 0 Å². The van der Waals surface area contributed by atoms with Crippen LogP contribution in [0.1, 0.15) is 33.7 Å². The van der Waals surface area contributed by atoms with Crippen LogP contribution in [0.25, 0.3) is 0 Å². The smallest absolute Gasteiger partial charge is 0.228 e. The lowest BCUT2D eigenvalue weighted by atomic mass is 9.90. The summed E-state index contributed by atoms with van der Waals surface area (Å²) < 4.78 is 0. The summed E-state index contributed by atoms with van der Waals surface area (Å²) in [5.74, 6) is -0.489. The monoisotopic (exact) mass is 257 g/mol. The fourth-order valence-corrected chi connectivity index (χ4v) is 2.64. The van der Waals surface area contributed by atoms with E-state index in [2.05, 4.69) is 9.88 Å². The van der Waals surface area contributed by atoms with Gasteiger partial charge in [-0.15, -0.1) is 0 Å². The molecule has 5 nitrogen and oxygen atoms in total. The van der Waals surface area contributed by atoms with Gasteiger partial charge < -0.3 is 5.73 Å². The molecule has 0 aromatic carbocycles. The summed E-state index contributed by atoms with van der Waals surface area (Å²) in [6, 6.07) is 3.30. The normalized spacial score (nSPS) is 20.0. The van der Waals surface area contributed by atoms with Gasteiger partial charge in [-0.3, -0.25) is 19.5 Å². The van der Waals surface area contributed by atoms with E-state index in [-0.39, 0.29) is 23.0 Å². The van der Waals surface area contributed by atoms with Gasteiger partial charge in [-0.1, -0.05) is 0 Å². The Morgan fingerprint density at radius 2 is 1.95 bits per heavy atom. The number of allylic oxidation sites excluding steroid dienone is 1. The van der Waals surface area contributed by atoms with Gasteiger partial charge >= 0.3 is 0 Å². The molecule has 5 heteroatoms. The van der Waals surface area contributed by atoms with Crippen molar-refractivity contribution in [2.24, 2.45) is 5.73 Å². The van der Waals surface area contributed by atoms with Crippen LogP contribution >= 0.6 is 0 Å². The molecule has 1 aromatic heterocycles. The van der Waals surface area contributed by atoms with Crippen LogP contribution in [0.2, 0.25) is 0 Å². The molecule has 0 saturated carbocycles. The topological polar surface area (TPSA) is 76.3 Å². The lowest BCUT2D eigenvalue weighted by Crippen LogP contribution is -2.33. The fraction of sp³-hybridized carbons (Fsp3) is 0.357. The number of hydrogen-bond donors (Lipinski definition) is 1. The highest BCUT2D eigenvalue weighted by Crippen LogP contribution is 2.24. The summed E-state index contributed by atoms with van der Waals surface area (Å²) in [5.41, 5.74) is 6.88. The quantitative estimate of drug-likeness (QED) is 0.846. The lowest BCUT2D eigenvalue weighted by molar-refractivity contribution is 0.0963. The molecule has 1 fully saturated rings. The van der Waals surface area contributed by atoms with E-state index in [4.69, 9.17) is 5.73 Å². The van der Waals surface area contributed by atoms with E-state index >= 15 is 0 Å². The Morgan fingerprint density at radius 1 is 1.21 bits per heavy atom. The molecule has 0 atom stereocenters. The van der Waals surface area contributed by atoms with Crippen LogP contribution < -0.4 is 5.73 Å². The second kappa shape index (κ2) is 4.59. The van der Waals surface area contributed by atoms with Crippen molar-refractivity contribution in [3.63, 3.8) is 0 Å². The Morgan fingerprint density at radius 3 is 2.68 bits per heavy atom. The van der Waals surface area contributed by atoms with Crippen molar-refractivity contribution in [3.05, 3.63) is 40.9 Å². The molecule has 2 aliphatic rings. The van der Waals surface area contributed by atoms with Crippen molar-refractivity contribution in [1.29, 1.82) is 0 Å². The number of ketones is 2. The number of nitrogens with two attached hydrogens (primary N) is 1. The number of carbonyl (C=O) groups is 2. The van der Waals surface area contributed by atoms with Crippen LogP contribution in [0, 0.1) is 0 Å². The maximum Gasteiger partial charge on any atom is 0.228 e. The second-order valence-electron chi connectivity index (χ2n) is 4.93. The predicted molar refractivity (Wildman–Crippen MR) is 69.8 cm³/mol. The van der Waals surface area contributed by atoms with Gasteiger partial charge in [0.05, 0.1) is 11.3 Å². The molecule has 98 valence electrons. The number of Topliss-reactive ketones (excluding diaryl/α,β-unsaturated/α-hetero) is 2. The van der Waals surface area contributed by atoms with Gasteiger partial charge in [0.25, 0.3) is 0 Å².